The van der Waals surface area contributed by atoms with Crippen LogP contribution in [0.2, 0.25) is 0 Å². The first-order chi connectivity index (χ1) is 8.42. The molecule has 1 heterocycles. The second kappa shape index (κ2) is 6.14. The third kappa shape index (κ3) is 4.95. The summed E-state index contributed by atoms with van der Waals surface area (Å²) in [5, 5.41) is 2.64. The minimum atomic E-state index is -0.570. The summed E-state index contributed by atoms with van der Waals surface area (Å²) in [6, 6.07) is 4.87. The fourth-order valence-electron chi connectivity index (χ4n) is 1.38. The van der Waals surface area contributed by atoms with E-state index >= 15 is 0 Å². The highest BCUT2D eigenvalue weighted by Crippen LogP contribution is 2.14. The summed E-state index contributed by atoms with van der Waals surface area (Å²) in [5.74, 6) is 0. The van der Waals surface area contributed by atoms with Crippen LogP contribution in [-0.2, 0) is 9.53 Å². The van der Waals surface area contributed by atoms with Gasteiger partial charge in [-0.2, -0.15) is 0 Å². The molecule has 0 fully saturated rings. The van der Waals surface area contributed by atoms with E-state index in [-0.39, 0.29) is 6.42 Å². The smallest absolute Gasteiger partial charge is 0.408 e. The minimum absolute atomic E-state index is 0.163. The Labute approximate surface area is 107 Å². The van der Waals surface area contributed by atoms with Crippen molar-refractivity contribution in [3.8, 4) is 0 Å². The number of rotatable bonds is 4. The topological polar surface area (TPSA) is 68.3 Å². The lowest BCUT2D eigenvalue weighted by molar-refractivity contribution is -0.108. The van der Waals surface area contributed by atoms with Gasteiger partial charge in [0.25, 0.3) is 0 Å². The van der Waals surface area contributed by atoms with E-state index in [0.29, 0.717) is 5.69 Å². The Morgan fingerprint density at radius 1 is 1.50 bits per heavy atom. The molecule has 1 amide bonds. The highest BCUT2D eigenvalue weighted by molar-refractivity contribution is 5.69. The number of carbonyl (C=O) groups is 2. The Kier molecular flexibility index (Phi) is 4.83. The van der Waals surface area contributed by atoms with Crippen molar-refractivity contribution >= 4 is 12.4 Å². The summed E-state index contributed by atoms with van der Waals surface area (Å²) in [7, 11) is 0. The standard InChI is InChI=1S/C13H18N2O3/c1-13(2,3)18-12(17)15-11(7-9-16)10-6-4-5-8-14-10/h4-6,8-9,11H,7H2,1-3H3,(H,15,17). The molecular weight excluding hydrogens is 232 g/mol. The van der Waals surface area contributed by atoms with Crippen LogP contribution in [0.25, 0.3) is 0 Å². The molecule has 0 radical (unpaired) electrons. The zero-order valence-electron chi connectivity index (χ0n) is 10.8. The van der Waals surface area contributed by atoms with Crippen molar-refractivity contribution in [2.75, 3.05) is 0 Å². The second-order valence-electron chi connectivity index (χ2n) is 4.86. The zero-order chi connectivity index (χ0) is 13.6. The molecule has 98 valence electrons. The summed E-state index contributed by atoms with van der Waals surface area (Å²) in [5.41, 5.74) is 0.0652. The maximum Gasteiger partial charge on any atom is 0.408 e. The molecular formula is C13H18N2O3. The van der Waals surface area contributed by atoms with Crippen LogP contribution in [0.4, 0.5) is 4.79 Å². The third-order valence-corrected chi connectivity index (χ3v) is 2.07. The largest absolute Gasteiger partial charge is 0.444 e. The van der Waals surface area contributed by atoms with Crippen LogP contribution in [0, 0.1) is 0 Å². The number of aldehydes is 1. The van der Waals surface area contributed by atoms with Gasteiger partial charge >= 0.3 is 6.09 Å². The zero-order valence-corrected chi connectivity index (χ0v) is 10.8. The van der Waals surface area contributed by atoms with Gasteiger partial charge in [0.05, 0.1) is 11.7 Å². The van der Waals surface area contributed by atoms with E-state index in [2.05, 4.69) is 10.3 Å². The number of carbonyl (C=O) groups excluding carboxylic acids is 2. The molecule has 0 saturated carbocycles. The fourth-order valence-corrected chi connectivity index (χ4v) is 1.38. The van der Waals surface area contributed by atoms with E-state index in [9.17, 15) is 9.59 Å². The van der Waals surface area contributed by atoms with Crippen molar-refractivity contribution in [2.45, 2.75) is 38.8 Å². The van der Waals surface area contributed by atoms with Gasteiger partial charge in [-0.1, -0.05) is 6.07 Å². The molecule has 1 aromatic rings. The summed E-state index contributed by atoms with van der Waals surface area (Å²) in [6.45, 7) is 5.34. The first-order valence-corrected chi connectivity index (χ1v) is 5.76. The Balaban J connectivity index is 2.70. The van der Waals surface area contributed by atoms with Crippen molar-refractivity contribution in [3.05, 3.63) is 30.1 Å². The molecule has 0 bridgehead atoms. The van der Waals surface area contributed by atoms with Crippen LogP contribution >= 0.6 is 0 Å². The molecule has 0 aliphatic rings. The fraction of sp³-hybridized carbons (Fsp3) is 0.462. The van der Waals surface area contributed by atoms with Gasteiger partial charge in [0.2, 0.25) is 0 Å². The van der Waals surface area contributed by atoms with E-state index in [4.69, 9.17) is 4.74 Å². The second-order valence-corrected chi connectivity index (χ2v) is 4.86. The summed E-state index contributed by atoms with van der Waals surface area (Å²) >= 11 is 0. The van der Waals surface area contributed by atoms with Gasteiger partial charge in [-0.15, -0.1) is 0 Å². The van der Waals surface area contributed by atoms with E-state index in [0.717, 1.165) is 6.29 Å². The first-order valence-electron chi connectivity index (χ1n) is 5.76. The maximum absolute atomic E-state index is 11.6. The number of amides is 1. The van der Waals surface area contributed by atoms with Crippen molar-refractivity contribution in [1.82, 2.24) is 10.3 Å². The molecule has 0 aliphatic heterocycles. The number of nitrogens with zero attached hydrogens (tertiary/aromatic N) is 1. The Morgan fingerprint density at radius 2 is 2.22 bits per heavy atom. The maximum atomic E-state index is 11.6. The SMILES string of the molecule is CC(C)(C)OC(=O)NC(CC=O)c1ccccn1. The van der Waals surface area contributed by atoms with E-state index in [1.54, 1.807) is 45.2 Å². The van der Waals surface area contributed by atoms with Gasteiger partial charge in [-0.05, 0) is 32.9 Å². The molecule has 0 spiro atoms. The van der Waals surface area contributed by atoms with Crippen molar-refractivity contribution in [2.24, 2.45) is 0 Å². The molecule has 18 heavy (non-hydrogen) atoms. The predicted molar refractivity (Wildman–Crippen MR) is 67.0 cm³/mol. The molecule has 0 aliphatic carbocycles. The molecule has 1 unspecified atom stereocenters. The number of hydrogen-bond acceptors (Lipinski definition) is 4. The van der Waals surface area contributed by atoms with Gasteiger partial charge in [-0.25, -0.2) is 4.79 Å². The van der Waals surface area contributed by atoms with Crippen LogP contribution in [-0.4, -0.2) is 23.0 Å². The van der Waals surface area contributed by atoms with Crippen molar-refractivity contribution < 1.29 is 14.3 Å². The average Bonchev–Trinajstić information content (AvgIpc) is 2.27. The van der Waals surface area contributed by atoms with Crippen LogP contribution in [0.1, 0.15) is 38.9 Å². The average molecular weight is 250 g/mol. The van der Waals surface area contributed by atoms with E-state index in [1.807, 2.05) is 0 Å². The number of alkyl carbamates (subject to hydrolysis) is 1. The molecule has 1 aromatic heterocycles. The van der Waals surface area contributed by atoms with E-state index < -0.39 is 17.7 Å². The quantitative estimate of drug-likeness (QED) is 0.832. The van der Waals surface area contributed by atoms with Crippen molar-refractivity contribution in [3.63, 3.8) is 0 Å². The lowest BCUT2D eigenvalue weighted by Crippen LogP contribution is -2.35. The van der Waals surface area contributed by atoms with Crippen LogP contribution in [0.15, 0.2) is 24.4 Å². The van der Waals surface area contributed by atoms with E-state index in [1.165, 1.54) is 0 Å². The molecule has 1 rings (SSSR count). The highest BCUT2D eigenvalue weighted by atomic mass is 16.6. The van der Waals surface area contributed by atoms with Crippen LogP contribution in [0.3, 0.4) is 0 Å². The molecule has 0 aromatic carbocycles. The Bertz CT molecular complexity index is 398. The number of nitrogens with one attached hydrogen (secondary N) is 1. The predicted octanol–water partition coefficient (Wildman–Crippen LogP) is 2.24. The van der Waals surface area contributed by atoms with Gasteiger partial charge in [-0.3, -0.25) is 4.98 Å². The van der Waals surface area contributed by atoms with Crippen LogP contribution < -0.4 is 5.32 Å². The molecule has 5 heteroatoms. The Hall–Kier alpha value is -1.91. The van der Waals surface area contributed by atoms with Gasteiger partial charge < -0.3 is 14.8 Å². The lowest BCUT2D eigenvalue weighted by Gasteiger charge is -2.22. The lowest BCUT2D eigenvalue weighted by atomic mass is 10.1. The monoisotopic (exact) mass is 250 g/mol. The van der Waals surface area contributed by atoms with Gasteiger partial charge in [0.15, 0.2) is 0 Å². The number of pyridine rings is 1. The van der Waals surface area contributed by atoms with Gasteiger partial charge in [0, 0.05) is 12.6 Å². The number of ether oxygens (including phenoxy) is 1. The first kappa shape index (κ1) is 14.2. The van der Waals surface area contributed by atoms with Crippen molar-refractivity contribution in [1.29, 1.82) is 0 Å². The Morgan fingerprint density at radius 3 is 2.72 bits per heavy atom. The van der Waals surface area contributed by atoms with Gasteiger partial charge in [0.1, 0.15) is 11.9 Å². The molecule has 5 nitrogen and oxygen atoms in total. The minimum Gasteiger partial charge on any atom is -0.444 e. The molecule has 1 N–H and O–H groups in total. The summed E-state index contributed by atoms with van der Waals surface area (Å²) in [6.07, 6.45) is 1.97. The summed E-state index contributed by atoms with van der Waals surface area (Å²) < 4.78 is 5.14. The molecule has 0 saturated heterocycles. The summed E-state index contributed by atoms with van der Waals surface area (Å²) in [4.78, 5) is 26.4. The highest BCUT2D eigenvalue weighted by Gasteiger charge is 2.20. The third-order valence-electron chi connectivity index (χ3n) is 2.07. The number of hydrogen-bond donors (Lipinski definition) is 1. The normalized spacial score (nSPS) is 12.6. The van der Waals surface area contributed by atoms with Crippen LogP contribution in [0.5, 0.6) is 0 Å². The number of aromatic nitrogens is 1. The molecule has 1 atom stereocenters.